The molecule has 0 aromatic carbocycles. The first-order valence-corrected chi connectivity index (χ1v) is 6.45. The number of aromatic nitrogens is 2. The van der Waals surface area contributed by atoms with Gasteiger partial charge >= 0.3 is 5.97 Å². The number of nitrogens with zero attached hydrogens (tertiary/aromatic N) is 3. The van der Waals surface area contributed by atoms with Gasteiger partial charge in [-0.1, -0.05) is 6.92 Å². The van der Waals surface area contributed by atoms with Crippen molar-refractivity contribution in [2.24, 2.45) is 11.8 Å². The smallest absolute Gasteiger partial charge is 0.306 e. The topological polar surface area (TPSA) is 92.6 Å². The van der Waals surface area contributed by atoms with Crippen LogP contribution in [0.5, 0.6) is 0 Å². The molecule has 2 aromatic heterocycles. The molecule has 106 valence electrons. The highest BCUT2D eigenvalue weighted by Gasteiger charge is 2.35. The van der Waals surface area contributed by atoms with Crippen molar-refractivity contribution in [3.63, 3.8) is 0 Å². The van der Waals surface area contributed by atoms with Crippen LogP contribution in [0.25, 0.3) is 11.7 Å². The van der Waals surface area contributed by atoms with Gasteiger partial charge < -0.3 is 13.9 Å². The van der Waals surface area contributed by atoms with E-state index >= 15 is 0 Å². The molecule has 3 heterocycles. The van der Waals surface area contributed by atoms with Crippen LogP contribution < -0.4 is 0 Å². The van der Waals surface area contributed by atoms with Crippen LogP contribution in [0.15, 0.2) is 27.2 Å². The van der Waals surface area contributed by atoms with E-state index in [4.69, 9.17) is 13.9 Å². The molecule has 1 N–H and O–H groups in total. The van der Waals surface area contributed by atoms with E-state index in [0.717, 1.165) is 13.1 Å². The van der Waals surface area contributed by atoms with E-state index in [1.807, 2.05) is 0 Å². The van der Waals surface area contributed by atoms with Crippen LogP contribution in [-0.4, -0.2) is 39.3 Å². The van der Waals surface area contributed by atoms with Crippen LogP contribution in [0, 0.1) is 11.8 Å². The highest BCUT2D eigenvalue weighted by atomic mass is 16.4. The summed E-state index contributed by atoms with van der Waals surface area (Å²) in [5, 5.41) is 16.8. The fraction of sp³-hybridized carbons (Fsp3) is 0.462. The largest absolute Gasteiger partial charge is 0.481 e. The lowest BCUT2D eigenvalue weighted by Crippen LogP contribution is -2.50. The first-order valence-electron chi connectivity index (χ1n) is 6.45. The molecule has 1 aliphatic heterocycles. The minimum atomic E-state index is -0.743. The lowest BCUT2D eigenvalue weighted by atomic mass is 9.87. The van der Waals surface area contributed by atoms with E-state index in [0.29, 0.717) is 24.1 Å². The Kier molecular flexibility index (Phi) is 3.27. The summed E-state index contributed by atoms with van der Waals surface area (Å²) in [5.41, 5.74) is 0. The fourth-order valence-corrected chi connectivity index (χ4v) is 2.27. The number of aliphatic carboxylic acids is 1. The predicted octanol–water partition coefficient (Wildman–Crippen LogP) is 1.48. The molecule has 1 unspecified atom stereocenters. The van der Waals surface area contributed by atoms with Gasteiger partial charge in [-0.05, 0) is 18.1 Å². The molecule has 20 heavy (non-hydrogen) atoms. The van der Waals surface area contributed by atoms with Gasteiger partial charge in [0.1, 0.15) is 0 Å². The van der Waals surface area contributed by atoms with Crippen molar-refractivity contribution in [1.29, 1.82) is 0 Å². The highest BCUT2D eigenvalue weighted by molar-refractivity contribution is 5.70. The Bertz CT molecular complexity index is 587. The summed E-state index contributed by atoms with van der Waals surface area (Å²) >= 11 is 0. The number of carbonyl (C=O) groups is 1. The SMILES string of the molecule is CC(C(=O)O)C1CN(Cc2nnc(-c3ccco3)o2)C1. The predicted molar refractivity (Wildman–Crippen MR) is 67.6 cm³/mol. The first kappa shape index (κ1) is 12.9. The zero-order valence-corrected chi connectivity index (χ0v) is 11.0. The average molecular weight is 277 g/mol. The van der Waals surface area contributed by atoms with E-state index in [2.05, 4.69) is 15.1 Å². The summed E-state index contributed by atoms with van der Waals surface area (Å²) in [7, 11) is 0. The van der Waals surface area contributed by atoms with Gasteiger partial charge in [-0.3, -0.25) is 9.69 Å². The van der Waals surface area contributed by atoms with Gasteiger partial charge in [0.15, 0.2) is 5.76 Å². The van der Waals surface area contributed by atoms with Crippen LogP contribution >= 0.6 is 0 Å². The molecule has 7 nitrogen and oxygen atoms in total. The number of likely N-dealkylation sites (tertiary alicyclic amines) is 1. The van der Waals surface area contributed by atoms with Crippen molar-refractivity contribution in [3.05, 3.63) is 24.3 Å². The van der Waals surface area contributed by atoms with Crippen LogP contribution in [0.4, 0.5) is 0 Å². The average Bonchev–Trinajstić information content (AvgIpc) is 3.02. The number of hydrogen-bond donors (Lipinski definition) is 1. The molecule has 1 saturated heterocycles. The normalized spacial score (nSPS) is 17.9. The monoisotopic (exact) mass is 277 g/mol. The maximum atomic E-state index is 10.9. The summed E-state index contributed by atoms with van der Waals surface area (Å²) < 4.78 is 10.7. The minimum absolute atomic E-state index is 0.194. The first-order chi connectivity index (χ1) is 9.63. The summed E-state index contributed by atoms with van der Waals surface area (Å²) in [6.45, 7) is 3.76. The van der Waals surface area contributed by atoms with Crippen LogP contribution in [0.1, 0.15) is 12.8 Å². The minimum Gasteiger partial charge on any atom is -0.481 e. The quantitative estimate of drug-likeness (QED) is 0.884. The van der Waals surface area contributed by atoms with Gasteiger partial charge in [0.25, 0.3) is 5.89 Å². The summed E-state index contributed by atoms with van der Waals surface area (Å²) in [5.74, 6) is 0.559. The molecular formula is C13H15N3O4. The molecule has 7 heteroatoms. The molecule has 2 aromatic rings. The number of carboxylic acid groups (broad SMARTS) is 1. The maximum absolute atomic E-state index is 10.9. The molecule has 0 spiro atoms. The third kappa shape index (κ3) is 2.44. The number of rotatable bonds is 5. The molecule has 0 radical (unpaired) electrons. The summed E-state index contributed by atoms with van der Waals surface area (Å²) in [4.78, 5) is 13.0. The molecule has 0 aliphatic carbocycles. The Hall–Kier alpha value is -2.15. The van der Waals surface area contributed by atoms with Crippen LogP contribution in [-0.2, 0) is 11.3 Å². The molecule has 1 atom stereocenters. The van der Waals surface area contributed by atoms with Crippen molar-refractivity contribution >= 4 is 5.97 Å². The lowest BCUT2D eigenvalue weighted by Gasteiger charge is -2.40. The summed E-state index contributed by atoms with van der Waals surface area (Å²) in [6.07, 6.45) is 1.55. The van der Waals surface area contributed by atoms with E-state index in [1.165, 1.54) is 0 Å². The Balaban J connectivity index is 1.55. The van der Waals surface area contributed by atoms with Gasteiger partial charge in [0, 0.05) is 13.1 Å². The molecule has 1 fully saturated rings. The lowest BCUT2D eigenvalue weighted by molar-refractivity contribution is -0.145. The van der Waals surface area contributed by atoms with Gasteiger partial charge in [0.05, 0.1) is 18.7 Å². The maximum Gasteiger partial charge on any atom is 0.306 e. The van der Waals surface area contributed by atoms with Crippen LogP contribution in [0.2, 0.25) is 0 Å². The van der Waals surface area contributed by atoms with E-state index < -0.39 is 5.97 Å². The van der Waals surface area contributed by atoms with Gasteiger partial charge in [-0.25, -0.2) is 0 Å². The fourth-order valence-electron chi connectivity index (χ4n) is 2.27. The van der Waals surface area contributed by atoms with Crippen molar-refractivity contribution < 1.29 is 18.7 Å². The molecule has 3 rings (SSSR count). The Morgan fingerprint density at radius 3 is 3.00 bits per heavy atom. The molecular weight excluding hydrogens is 262 g/mol. The van der Waals surface area contributed by atoms with Gasteiger partial charge in [-0.2, -0.15) is 0 Å². The standard InChI is InChI=1S/C13H15N3O4/c1-8(13(17)18)9-5-16(6-9)7-11-14-15-12(20-11)10-3-2-4-19-10/h2-4,8-9H,5-7H2,1H3,(H,17,18). The third-order valence-corrected chi connectivity index (χ3v) is 3.64. The van der Waals surface area contributed by atoms with Gasteiger partial charge in [0.2, 0.25) is 5.89 Å². The number of furan rings is 1. The van der Waals surface area contributed by atoms with Crippen molar-refractivity contribution in [3.8, 4) is 11.7 Å². The zero-order valence-electron chi connectivity index (χ0n) is 11.0. The highest BCUT2D eigenvalue weighted by Crippen LogP contribution is 2.26. The Morgan fingerprint density at radius 2 is 2.35 bits per heavy atom. The Morgan fingerprint density at radius 1 is 1.55 bits per heavy atom. The zero-order chi connectivity index (χ0) is 14.1. The molecule has 1 aliphatic rings. The van der Waals surface area contributed by atoms with Crippen LogP contribution in [0.3, 0.4) is 0 Å². The Labute approximate surface area is 115 Å². The number of carboxylic acids is 1. The van der Waals surface area contributed by atoms with Crippen molar-refractivity contribution in [2.75, 3.05) is 13.1 Å². The second-order valence-corrected chi connectivity index (χ2v) is 5.06. The third-order valence-electron chi connectivity index (χ3n) is 3.64. The van der Waals surface area contributed by atoms with Crippen molar-refractivity contribution in [1.82, 2.24) is 15.1 Å². The second-order valence-electron chi connectivity index (χ2n) is 5.06. The summed E-state index contributed by atoms with van der Waals surface area (Å²) in [6, 6.07) is 3.51. The van der Waals surface area contributed by atoms with E-state index in [9.17, 15) is 4.79 Å². The molecule has 0 saturated carbocycles. The molecule has 0 amide bonds. The second kappa shape index (κ2) is 5.09. The van der Waals surface area contributed by atoms with E-state index in [-0.39, 0.29) is 11.8 Å². The van der Waals surface area contributed by atoms with Crippen molar-refractivity contribution in [2.45, 2.75) is 13.5 Å². The van der Waals surface area contributed by atoms with E-state index in [1.54, 1.807) is 25.3 Å². The number of hydrogen-bond acceptors (Lipinski definition) is 6. The molecule has 0 bridgehead atoms. The van der Waals surface area contributed by atoms with Gasteiger partial charge in [-0.15, -0.1) is 10.2 Å².